The Labute approximate surface area is 246 Å². The summed E-state index contributed by atoms with van der Waals surface area (Å²) in [7, 11) is 1.60. The summed E-state index contributed by atoms with van der Waals surface area (Å²) >= 11 is 3.33. The van der Waals surface area contributed by atoms with Crippen LogP contribution in [0.15, 0.2) is 58.1 Å². The Kier molecular flexibility index (Phi) is 8.81. The van der Waals surface area contributed by atoms with Crippen molar-refractivity contribution >= 4 is 45.5 Å². The van der Waals surface area contributed by atoms with E-state index in [0.717, 1.165) is 5.56 Å². The number of hydrogen-bond donors (Lipinski definition) is 3. The minimum Gasteiger partial charge on any atom is -0.465 e. The Balaban J connectivity index is 1.61. The van der Waals surface area contributed by atoms with E-state index in [0.29, 0.717) is 28.6 Å². The van der Waals surface area contributed by atoms with E-state index in [9.17, 15) is 28.7 Å². The highest BCUT2D eigenvalue weighted by Gasteiger charge is 2.54. The molecule has 4 rings (SSSR count). The summed E-state index contributed by atoms with van der Waals surface area (Å²) in [6, 6.07) is 12.9. The van der Waals surface area contributed by atoms with Crippen LogP contribution >= 0.6 is 15.9 Å². The molecule has 2 atom stereocenters. The molecular weight excluding hydrogens is 597 g/mol. The maximum absolute atomic E-state index is 14.5. The van der Waals surface area contributed by atoms with E-state index in [1.165, 1.54) is 24.9 Å². The smallest absolute Gasteiger partial charge is 0.405 e. The highest BCUT2D eigenvalue weighted by Crippen LogP contribution is 2.38. The molecule has 2 aliphatic heterocycles. The van der Waals surface area contributed by atoms with E-state index < -0.39 is 40.7 Å². The van der Waals surface area contributed by atoms with E-state index in [4.69, 9.17) is 0 Å². The summed E-state index contributed by atoms with van der Waals surface area (Å²) < 4.78 is 15.2. The van der Waals surface area contributed by atoms with Crippen molar-refractivity contribution in [1.82, 2.24) is 20.5 Å². The number of halogens is 2. The van der Waals surface area contributed by atoms with Crippen LogP contribution in [0.4, 0.5) is 9.18 Å². The number of amides is 4. The van der Waals surface area contributed by atoms with Crippen molar-refractivity contribution in [1.29, 1.82) is 0 Å². The first-order valence-electron chi connectivity index (χ1n) is 13.3. The van der Waals surface area contributed by atoms with Gasteiger partial charge in [-0.2, -0.15) is 5.10 Å². The van der Waals surface area contributed by atoms with Crippen LogP contribution in [0.25, 0.3) is 0 Å². The van der Waals surface area contributed by atoms with Gasteiger partial charge in [-0.1, -0.05) is 46.3 Å². The predicted molar refractivity (Wildman–Crippen MR) is 154 cm³/mol. The van der Waals surface area contributed by atoms with Crippen molar-refractivity contribution in [3.8, 4) is 0 Å². The molecule has 0 aromatic heterocycles. The molecule has 41 heavy (non-hydrogen) atoms. The highest BCUT2D eigenvalue weighted by atomic mass is 79.9. The maximum atomic E-state index is 14.5. The van der Waals surface area contributed by atoms with Gasteiger partial charge in [0.1, 0.15) is 22.8 Å². The van der Waals surface area contributed by atoms with Gasteiger partial charge in [0.15, 0.2) is 0 Å². The van der Waals surface area contributed by atoms with Gasteiger partial charge in [0.25, 0.3) is 5.91 Å². The van der Waals surface area contributed by atoms with Gasteiger partial charge in [0.2, 0.25) is 11.8 Å². The molecule has 1 fully saturated rings. The number of fused-ring (bicyclic) bond motifs is 1. The Bertz CT molecular complexity index is 1380. The van der Waals surface area contributed by atoms with Crippen LogP contribution < -0.4 is 10.6 Å². The Hall–Kier alpha value is -3.80. The van der Waals surface area contributed by atoms with Crippen molar-refractivity contribution in [3.63, 3.8) is 0 Å². The van der Waals surface area contributed by atoms with E-state index >= 15 is 0 Å². The summed E-state index contributed by atoms with van der Waals surface area (Å²) in [5, 5.41) is 19.8. The monoisotopic (exact) mass is 629 g/mol. The Morgan fingerprint density at radius 3 is 2.59 bits per heavy atom. The second kappa shape index (κ2) is 12.0. The van der Waals surface area contributed by atoms with E-state index in [-0.39, 0.29) is 31.8 Å². The zero-order valence-electron chi connectivity index (χ0n) is 23.1. The zero-order chi connectivity index (χ0) is 29.9. The van der Waals surface area contributed by atoms with Gasteiger partial charge >= 0.3 is 6.09 Å². The fraction of sp³-hybridized carbons (Fsp3) is 0.414. The van der Waals surface area contributed by atoms with Gasteiger partial charge in [-0.05, 0) is 62.4 Å². The predicted octanol–water partition coefficient (Wildman–Crippen LogP) is 3.34. The maximum Gasteiger partial charge on any atom is 0.405 e. The van der Waals surface area contributed by atoms with Gasteiger partial charge < -0.3 is 20.6 Å². The summed E-state index contributed by atoms with van der Waals surface area (Å²) in [6.07, 6.45) is -0.472. The van der Waals surface area contributed by atoms with E-state index in [2.05, 4.69) is 31.7 Å². The van der Waals surface area contributed by atoms with Crippen molar-refractivity contribution < 1.29 is 28.7 Å². The molecule has 0 aliphatic carbocycles. The molecule has 0 saturated carbocycles. The fourth-order valence-corrected chi connectivity index (χ4v) is 5.80. The first kappa shape index (κ1) is 30.2. The number of benzene rings is 2. The number of nitrogens with one attached hydrogen (secondary N) is 2. The number of rotatable bonds is 9. The molecule has 2 aromatic rings. The number of piperidine rings is 1. The van der Waals surface area contributed by atoms with Crippen LogP contribution in [0, 0.1) is 11.2 Å². The summed E-state index contributed by atoms with van der Waals surface area (Å²) in [5.41, 5.74) is -0.586. The minimum absolute atomic E-state index is 0.0536. The molecule has 0 spiro atoms. The van der Waals surface area contributed by atoms with Gasteiger partial charge in [-0.15, -0.1) is 0 Å². The number of aryl methyl sites for hydroxylation is 1. The van der Waals surface area contributed by atoms with Crippen LogP contribution in [-0.2, 0) is 27.2 Å². The molecule has 1 saturated heterocycles. The lowest BCUT2D eigenvalue weighted by atomic mass is 9.73. The molecule has 4 amide bonds. The molecule has 3 N–H and O–H groups in total. The quantitative estimate of drug-likeness (QED) is 0.391. The average molecular weight is 631 g/mol. The molecule has 1 unspecified atom stereocenters. The molecule has 0 radical (unpaired) electrons. The Morgan fingerprint density at radius 2 is 1.90 bits per heavy atom. The van der Waals surface area contributed by atoms with Crippen LogP contribution in [0.5, 0.6) is 0 Å². The standard InChI is InChI=1S/C29H33BrFN5O5/c1-28(2,33-27(40)41)25(38)32-22(12-9-19-15-20(30)10-11-21(19)31)24(37)36-14-13-23-29(17-36,26(39)35(3)34-23)16-18-7-5-4-6-8-18/h4-8,10-11,15,22,33H,9,12-14,16-17H2,1-3H3,(H,32,38)(H,40,41)/t22?,29-/m1/s1. The second-order valence-electron chi connectivity index (χ2n) is 11.0. The van der Waals surface area contributed by atoms with Gasteiger partial charge in [0.05, 0.1) is 5.71 Å². The van der Waals surface area contributed by atoms with Crippen molar-refractivity contribution in [3.05, 3.63) is 69.9 Å². The number of carbonyl (C=O) groups is 4. The summed E-state index contributed by atoms with van der Waals surface area (Å²) in [4.78, 5) is 53.5. The van der Waals surface area contributed by atoms with E-state index in [1.54, 1.807) is 24.1 Å². The molecule has 218 valence electrons. The molecular formula is C29H33BrFN5O5. The number of carboxylic acid groups (broad SMARTS) is 1. The van der Waals surface area contributed by atoms with Crippen LogP contribution in [0.1, 0.15) is 37.8 Å². The van der Waals surface area contributed by atoms with Gasteiger partial charge in [-0.3, -0.25) is 14.4 Å². The molecule has 2 aromatic carbocycles. The number of carbonyl (C=O) groups excluding carboxylic acids is 3. The molecule has 10 nitrogen and oxygen atoms in total. The number of likely N-dealkylation sites (tertiary alicyclic amines) is 1. The average Bonchev–Trinajstić information content (AvgIpc) is 3.16. The third kappa shape index (κ3) is 6.58. The molecule has 2 aliphatic rings. The lowest BCUT2D eigenvalue weighted by Gasteiger charge is -2.41. The lowest BCUT2D eigenvalue weighted by Crippen LogP contribution is -2.61. The second-order valence-corrected chi connectivity index (χ2v) is 11.9. The number of hydrogen-bond acceptors (Lipinski definition) is 5. The van der Waals surface area contributed by atoms with Crippen molar-refractivity contribution in [2.45, 2.75) is 51.1 Å². The lowest BCUT2D eigenvalue weighted by molar-refractivity contribution is -0.142. The van der Waals surface area contributed by atoms with Crippen LogP contribution in [0.2, 0.25) is 0 Å². The van der Waals surface area contributed by atoms with Crippen molar-refractivity contribution in [2.24, 2.45) is 10.5 Å². The third-order valence-electron chi connectivity index (χ3n) is 7.57. The third-order valence-corrected chi connectivity index (χ3v) is 8.06. The zero-order valence-corrected chi connectivity index (χ0v) is 24.7. The number of nitrogens with zero attached hydrogens (tertiary/aromatic N) is 3. The minimum atomic E-state index is -1.54. The van der Waals surface area contributed by atoms with Crippen LogP contribution in [0.3, 0.4) is 0 Å². The normalized spacial score (nSPS) is 19.3. The van der Waals surface area contributed by atoms with Crippen LogP contribution in [-0.4, -0.2) is 76.3 Å². The molecule has 12 heteroatoms. The van der Waals surface area contributed by atoms with Crippen molar-refractivity contribution in [2.75, 3.05) is 20.1 Å². The topological polar surface area (TPSA) is 131 Å². The number of hydrazone groups is 1. The summed E-state index contributed by atoms with van der Waals surface area (Å²) in [6.45, 7) is 3.12. The largest absolute Gasteiger partial charge is 0.465 e. The summed E-state index contributed by atoms with van der Waals surface area (Å²) in [5.74, 6) is -1.80. The fourth-order valence-electron chi connectivity index (χ4n) is 5.39. The van der Waals surface area contributed by atoms with E-state index in [1.807, 2.05) is 30.3 Å². The van der Waals surface area contributed by atoms with Gasteiger partial charge in [-0.25, -0.2) is 14.2 Å². The molecule has 0 bridgehead atoms. The SMILES string of the molecule is CN1N=C2CCN(C(=O)C(CCc3cc(Br)ccc3F)NC(=O)C(C)(C)NC(=O)O)C[C@@]2(Cc2ccccc2)C1=O. The van der Waals surface area contributed by atoms with Gasteiger partial charge in [0, 0.05) is 31.0 Å². The first-order valence-corrected chi connectivity index (χ1v) is 14.1. The first-order chi connectivity index (χ1) is 19.3. The Morgan fingerprint density at radius 1 is 1.20 bits per heavy atom. The molecule has 2 heterocycles. The highest BCUT2D eigenvalue weighted by molar-refractivity contribution is 9.10.